The van der Waals surface area contributed by atoms with E-state index in [1.807, 2.05) is 6.07 Å². The van der Waals surface area contributed by atoms with E-state index in [-0.39, 0.29) is 0 Å². The maximum absolute atomic E-state index is 5.90. The van der Waals surface area contributed by atoms with E-state index in [0.717, 1.165) is 29.8 Å². The van der Waals surface area contributed by atoms with Crippen LogP contribution in [0.25, 0.3) is 11.3 Å². The predicted octanol–water partition coefficient (Wildman–Crippen LogP) is 3.51. The van der Waals surface area contributed by atoms with E-state index in [0.29, 0.717) is 6.54 Å². The van der Waals surface area contributed by atoms with Gasteiger partial charge in [0.05, 0.1) is 5.69 Å². The molecule has 0 unspecified atom stereocenters. The topological polar surface area (TPSA) is 42.2 Å². The second kappa shape index (κ2) is 5.94. The maximum Gasteiger partial charge on any atom is 0.186 e. The number of nitrogens with zero attached hydrogens (tertiary/aromatic N) is 2. The zero-order chi connectivity index (χ0) is 13.9. The molecule has 1 saturated heterocycles. The van der Waals surface area contributed by atoms with Gasteiger partial charge in [-0.3, -0.25) is 0 Å². The Balaban J connectivity index is 1.89. The summed E-state index contributed by atoms with van der Waals surface area (Å²) in [6.07, 6.45) is 2.52. The highest BCUT2D eigenvalue weighted by atomic mass is 32.1. The Morgan fingerprint density at radius 3 is 2.60 bits per heavy atom. The van der Waals surface area contributed by atoms with Crippen molar-refractivity contribution in [1.29, 1.82) is 0 Å². The van der Waals surface area contributed by atoms with Crippen LogP contribution in [0.2, 0.25) is 0 Å². The minimum absolute atomic E-state index is 0.562. The average Bonchev–Trinajstić information content (AvgIpc) is 2.93. The van der Waals surface area contributed by atoms with Crippen molar-refractivity contribution in [3.8, 4) is 11.3 Å². The molecule has 20 heavy (non-hydrogen) atoms. The first-order valence-electron chi connectivity index (χ1n) is 7.28. The summed E-state index contributed by atoms with van der Waals surface area (Å²) in [6.45, 7) is 5.13. The summed E-state index contributed by atoms with van der Waals surface area (Å²) in [5, 5.41) is 1.14. The first kappa shape index (κ1) is 13.6. The summed E-state index contributed by atoms with van der Waals surface area (Å²) in [5.41, 5.74) is 8.13. The van der Waals surface area contributed by atoms with Crippen LogP contribution in [-0.4, -0.2) is 18.1 Å². The number of nitrogens with two attached hydrogens (primary N) is 1. The van der Waals surface area contributed by atoms with Crippen LogP contribution >= 0.6 is 11.3 Å². The lowest BCUT2D eigenvalue weighted by Crippen LogP contribution is -2.32. The molecule has 0 spiro atoms. The zero-order valence-corrected chi connectivity index (χ0v) is 12.7. The Morgan fingerprint density at radius 1 is 1.25 bits per heavy atom. The van der Waals surface area contributed by atoms with Gasteiger partial charge < -0.3 is 10.6 Å². The zero-order valence-electron chi connectivity index (χ0n) is 11.9. The molecule has 0 atom stereocenters. The largest absolute Gasteiger partial charge is 0.348 e. The lowest BCUT2D eigenvalue weighted by molar-refractivity contribution is 0.438. The van der Waals surface area contributed by atoms with E-state index in [1.54, 1.807) is 11.3 Å². The number of hydrogen-bond acceptors (Lipinski definition) is 4. The van der Waals surface area contributed by atoms with Crippen molar-refractivity contribution in [2.75, 3.05) is 18.0 Å². The van der Waals surface area contributed by atoms with E-state index in [1.165, 1.54) is 23.3 Å². The molecule has 1 aromatic carbocycles. The van der Waals surface area contributed by atoms with Crippen LogP contribution in [0.3, 0.4) is 0 Å². The van der Waals surface area contributed by atoms with Gasteiger partial charge in [-0.1, -0.05) is 48.6 Å². The maximum atomic E-state index is 5.90. The van der Waals surface area contributed by atoms with Crippen molar-refractivity contribution in [2.45, 2.75) is 26.3 Å². The Kier molecular flexibility index (Phi) is 4.03. The Hall–Kier alpha value is -1.39. The predicted molar refractivity (Wildman–Crippen MR) is 86.1 cm³/mol. The van der Waals surface area contributed by atoms with Gasteiger partial charge in [-0.2, -0.15) is 0 Å². The summed E-state index contributed by atoms with van der Waals surface area (Å²) in [5.74, 6) is 0.841. The smallest absolute Gasteiger partial charge is 0.186 e. The van der Waals surface area contributed by atoms with Crippen molar-refractivity contribution in [3.05, 3.63) is 35.2 Å². The molecule has 1 aromatic heterocycles. The van der Waals surface area contributed by atoms with E-state index < -0.39 is 0 Å². The van der Waals surface area contributed by atoms with Crippen molar-refractivity contribution in [2.24, 2.45) is 11.7 Å². The number of piperidine rings is 1. The molecule has 1 fully saturated rings. The summed E-state index contributed by atoms with van der Waals surface area (Å²) >= 11 is 1.75. The van der Waals surface area contributed by atoms with Gasteiger partial charge in [0.25, 0.3) is 0 Å². The van der Waals surface area contributed by atoms with Crippen LogP contribution in [0.5, 0.6) is 0 Å². The van der Waals surface area contributed by atoms with Gasteiger partial charge in [0.2, 0.25) is 0 Å². The number of anilines is 1. The van der Waals surface area contributed by atoms with Gasteiger partial charge in [-0.25, -0.2) is 4.98 Å². The third-order valence-corrected chi connectivity index (χ3v) is 5.11. The van der Waals surface area contributed by atoms with Gasteiger partial charge in [0.15, 0.2) is 5.13 Å². The monoisotopic (exact) mass is 287 g/mol. The standard InChI is InChI=1S/C16H21N3S/c1-12-7-9-19(10-8-12)16-18-15(14(11-17)20-16)13-5-3-2-4-6-13/h2-6,12H,7-11,17H2,1H3. The third kappa shape index (κ3) is 2.72. The van der Waals surface area contributed by atoms with Gasteiger partial charge >= 0.3 is 0 Å². The summed E-state index contributed by atoms with van der Waals surface area (Å²) in [4.78, 5) is 8.46. The quantitative estimate of drug-likeness (QED) is 0.939. The summed E-state index contributed by atoms with van der Waals surface area (Å²) < 4.78 is 0. The highest BCUT2D eigenvalue weighted by molar-refractivity contribution is 7.16. The molecule has 0 radical (unpaired) electrons. The minimum atomic E-state index is 0.562. The number of thiazole rings is 1. The Labute approximate surface area is 124 Å². The normalized spacial score (nSPS) is 16.6. The SMILES string of the molecule is CC1CCN(c2nc(-c3ccccc3)c(CN)s2)CC1. The lowest BCUT2D eigenvalue weighted by atomic mass is 10.00. The van der Waals surface area contributed by atoms with Crippen LogP contribution in [-0.2, 0) is 6.54 Å². The van der Waals surface area contributed by atoms with Crippen molar-refractivity contribution in [3.63, 3.8) is 0 Å². The van der Waals surface area contributed by atoms with Crippen LogP contribution < -0.4 is 10.6 Å². The van der Waals surface area contributed by atoms with E-state index in [9.17, 15) is 0 Å². The molecular formula is C16H21N3S. The highest BCUT2D eigenvalue weighted by Gasteiger charge is 2.20. The van der Waals surface area contributed by atoms with Crippen LogP contribution in [0.1, 0.15) is 24.6 Å². The lowest BCUT2D eigenvalue weighted by Gasteiger charge is -2.29. The fourth-order valence-corrected chi connectivity index (χ4v) is 3.65. The number of aromatic nitrogens is 1. The molecule has 1 aliphatic heterocycles. The van der Waals surface area contributed by atoms with E-state index in [4.69, 9.17) is 10.7 Å². The van der Waals surface area contributed by atoms with E-state index >= 15 is 0 Å². The molecule has 0 saturated carbocycles. The summed E-state index contributed by atoms with van der Waals surface area (Å²) in [6, 6.07) is 10.4. The molecular weight excluding hydrogens is 266 g/mol. The first-order valence-corrected chi connectivity index (χ1v) is 8.09. The van der Waals surface area contributed by atoms with Crippen LogP contribution in [0.15, 0.2) is 30.3 Å². The van der Waals surface area contributed by atoms with Crippen molar-refractivity contribution in [1.82, 2.24) is 4.98 Å². The first-order chi connectivity index (χ1) is 9.78. The molecule has 0 aliphatic carbocycles. The second-order valence-electron chi connectivity index (χ2n) is 5.51. The van der Waals surface area contributed by atoms with Crippen molar-refractivity contribution < 1.29 is 0 Å². The number of hydrogen-bond donors (Lipinski definition) is 1. The number of rotatable bonds is 3. The van der Waals surface area contributed by atoms with Gasteiger partial charge in [0.1, 0.15) is 0 Å². The average molecular weight is 287 g/mol. The fourth-order valence-electron chi connectivity index (χ4n) is 2.63. The van der Waals surface area contributed by atoms with Crippen molar-refractivity contribution >= 4 is 16.5 Å². The van der Waals surface area contributed by atoms with Gasteiger partial charge in [-0.05, 0) is 18.8 Å². The van der Waals surface area contributed by atoms with E-state index in [2.05, 4.69) is 36.1 Å². The molecule has 106 valence electrons. The fraction of sp³-hybridized carbons (Fsp3) is 0.438. The van der Waals surface area contributed by atoms with Crippen LogP contribution in [0.4, 0.5) is 5.13 Å². The molecule has 2 N–H and O–H groups in total. The second-order valence-corrected chi connectivity index (χ2v) is 6.57. The molecule has 4 heteroatoms. The summed E-state index contributed by atoms with van der Waals surface area (Å²) in [7, 11) is 0. The molecule has 2 heterocycles. The molecule has 2 aromatic rings. The molecule has 1 aliphatic rings. The minimum Gasteiger partial charge on any atom is -0.348 e. The molecule has 0 amide bonds. The molecule has 3 rings (SSSR count). The van der Waals surface area contributed by atoms with Gasteiger partial charge in [-0.15, -0.1) is 0 Å². The van der Waals surface area contributed by atoms with Crippen LogP contribution in [0, 0.1) is 5.92 Å². The van der Waals surface area contributed by atoms with Gasteiger partial charge in [0, 0.05) is 30.1 Å². The molecule has 0 bridgehead atoms. The highest BCUT2D eigenvalue weighted by Crippen LogP contribution is 2.34. The Morgan fingerprint density at radius 2 is 1.95 bits per heavy atom. The Bertz CT molecular complexity index is 556. The molecule has 3 nitrogen and oxygen atoms in total. The number of benzene rings is 1. The third-order valence-electron chi connectivity index (χ3n) is 3.97.